The lowest BCUT2D eigenvalue weighted by molar-refractivity contribution is 0.102. The van der Waals surface area contributed by atoms with E-state index >= 15 is 0 Å². The number of rotatable bonds is 2. The number of carbonyl (C=O) groups is 1. The molecule has 0 aliphatic rings. The van der Waals surface area contributed by atoms with Crippen LogP contribution >= 0.6 is 34.2 Å². The molecular formula is C11H6ClFIN3O. The van der Waals surface area contributed by atoms with Gasteiger partial charge >= 0.3 is 0 Å². The van der Waals surface area contributed by atoms with Crippen molar-refractivity contribution < 1.29 is 9.18 Å². The van der Waals surface area contributed by atoms with Gasteiger partial charge in [-0.1, -0.05) is 11.6 Å². The fraction of sp³-hybridized carbons (Fsp3) is 0. The van der Waals surface area contributed by atoms with Crippen LogP contribution in [0.15, 0.2) is 30.5 Å². The van der Waals surface area contributed by atoms with Crippen LogP contribution in [-0.2, 0) is 0 Å². The van der Waals surface area contributed by atoms with Gasteiger partial charge in [-0.3, -0.25) is 10.1 Å². The van der Waals surface area contributed by atoms with Gasteiger partial charge in [-0.15, -0.1) is 0 Å². The van der Waals surface area contributed by atoms with E-state index < -0.39 is 11.7 Å². The second-order valence-electron chi connectivity index (χ2n) is 3.28. The molecule has 2 rings (SSSR count). The Morgan fingerprint density at radius 1 is 1.39 bits per heavy atom. The number of hydrogen-bond donors (Lipinski definition) is 1. The molecule has 0 fully saturated rings. The molecule has 1 N–H and O–H groups in total. The first kappa shape index (κ1) is 13.2. The molecule has 0 unspecified atom stereocenters. The highest BCUT2D eigenvalue weighted by molar-refractivity contribution is 14.1. The highest BCUT2D eigenvalue weighted by Crippen LogP contribution is 2.15. The van der Waals surface area contributed by atoms with Crippen molar-refractivity contribution in [2.45, 2.75) is 0 Å². The molecule has 7 heteroatoms. The van der Waals surface area contributed by atoms with E-state index in [2.05, 4.69) is 15.3 Å². The third-order valence-electron chi connectivity index (χ3n) is 2.02. The van der Waals surface area contributed by atoms with Crippen molar-refractivity contribution in [3.63, 3.8) is 0 Å². The van der Waals surface area contributed by atoms with E-state index in [0.29, 0.717) is 9.13 Å². The molecular weight excluding hydrogens is 371 g/mol. The molecule has 0 saturated carbocycles. The molecule has 0 atom stereocenters. The fourth-order valence-corrected chi connectivity index (χ4v) is 2.10. The van der Waals surface area contributed by atoms with E-state index in [1.807, 2.05) is 22.6 Å². The molecule has 0 saturated heterocycles. The van der Waals surface area contributed by atoms with Crippen molar-refractivity contribution in [3.05, 3.63) is 50.6 Å². The van der Waals surface area contributed by atoms with Crippen LogP contribution in [0, 0.1) is 9.39 Å². The second kappa shape index (κ2) is 5.57. The zero-order chi connectivity index (χ0) is 13.1. The van der Waals surface area contributed by atoms with Gasteiger partial charge in [0.1, 0.15) is 11.0 Å². The highest BCUT2D eigenvalue weighted by Gasteiger charge is 2.12. The number of amides is 1. The molecule has 0 bridgehead atoms. The summed E-state index contributed by atoms with van der Waals surface area (Å²) in [7, 11) is 0. The average Bonchev–Trinajstić information content (AvgIpc) is 2.28. The summed E-state index contributed by atoms with van der Waals surface area (Å²) in [4.78, 5) is 19.6. The number of carbonyl (C=O) groups excluding carboxylic acids is 1. The maximum absolute atomic E-state index is 12.9. The third-order valence-corrected chi connectivity index (χ3v) is 3.13. The molecule has 1 aromatic heterocycles. The van der Waals surface area contributed by atoms with Gasteiger partial charge in [0.05, 0.1) is 5.56 Å². The highest BCUT2D eigenvalue weighted by atomic mass is 127. The minimum absolute atomic E-state index is 0.104. The lowest BCUT2D eigenvalue weighted by atomic mass is 10.2. The number of nitrogens with zero attached hydrogens (tertiary/aromatic N) is 2. The molecule has 4 nitrogen and oxygen atoms in total. The van der Waals surface area contributed by atoms with Crippen LogP contribution in [0.3, 0.4) is 0 Å². The standard InChI is InChI=1S/C11H6ClFIN3O/c12-9-3-4-15-11(16-9)17-10(18)7-2-1-6(13)5-8(7)14/h1-5H,(H,15,16,17,18). The third kappa shape index (κ3) is 3.14. The largest absolute Gasteiger partial charge is 0.290 e. The summed E-state index contributed by atoms with van der Waals surface area (Å²) in [5.74, 6) is -0.704. The molecule has 0 spiro atoms. The Labute approximate surface area is 121 Å². The Morgan fingerprint density at radius 2 is 2.17 bits per heavy atom. The van der Waals surface area contributed by atoms with Crippen LogP contribution in [0.1, 0.15) is 10.4 Å². The minimum atomic E-state index is -0.415. The van der Waals surface area contributed by atoms with Crippen molar-refractivity contribution in [1.29, 1.82) is 0 Å². The monoisotopic (exact) mass is 377 g/mol. The first-order valence-corrected chi connectivity index (χ1v) is 6.27. The van der Waals surface area contributed by atoms with Gasteiger partial charge in [-0.2, -0.15) is 0 Å². The quantitative estimate of drug-likeness (QED) is 0.646. The Balaban J connectivity index is 2.22. The number of halogens is 3. The first-order chi connectivity index (χ1) is 8.56. The molecule has 1 amide bonds. The Kier molecular flexibility index (Phi) is 4.07. The number of hydrogen-bond acceptors (Lipinski definition) is 3. The van der Waals surface area contributed by atoms with Gasteiger partial charge in [-0.05, 0) is 46.9 Å². The van der Waals surface area contributed by atoms with Crippen molar-refractivity contribution in [3.8, 4) is 0 Å². The van der Waals surface area contributed by atoms with E-state index in [0.717, 1.165) is 0 Å². The predicted molar refractivity (Wildman–Crippen MR) is 74.1 cm³/mol. The number of benzene rings is 1. The van der Waals surface area contributed by atoms with Crippen LogP contribution in [0.4, 0.5) is 10.3 Å². The summed E-state index contributed by atoms with van der Waals surface area (Å²) in [6, 6.07) is 5.39. The van der Waals surface area contributed by atoms with Crippen molar-refractivity contribution in [1.82, 2.24) is 9.97 Å². The van der Waals surface area contributed by atoms with E-state index in [1.54, 1.807) is 0 Å². The van der Waals surface area contributed by atoms with E-state index in [-0.39, 0.29) is 11.1 Å². The van der Waals surface area contributed by atoms with Crippen LogP contribution in [0.5, 0.6) is 0 Å². The molecule has 2 aromatic rings. The molecule has 0 aliphatic heterocycles. The van der Waals surface area contributed by atoms with E-state index in [1.165, 1.54) is 30.5 Å². The summed E-state index contributed by atoms with van der Waals surface area (Å²) < 4.78 is 13.4. The van der Waals surface area contributed by atoms with Gasteiger partial charge < -0.3 is 0 Å². The maximum Gasteiger partial charge on any atom is 0.259 e. The smallest absolute Gasteiger partial charge is 0.259 e. The van der Waals surface area contributed by atoms with Crippen molar-refractivity contribution in [2.24, 2.45) is 0 Å². The van der Waals surface area contributed by atoms with Gasteiger partial charge in [0.15, 0.2) is 0 Å². The normalized spacial score (nSPS) is 10.2. The summed E-state index contributed by atoms with van der Waals surface area (Å²) in [6.07, 6.45) is 1.43. The van der Waals surface area contributed by atoms with Crippen LogP contribution in [0.2, 0.25) is 5.15 Å². The SMILES string of the molecule is O=C(Nc1nccc(Cl)n1)c1ccc(F)cc1I. The zero-order valence-electron chi connectivity index (χ0n) is 8.82. The average molecular weight is 378 g/mol. The summed E-state index contributed by atoms with van der Waals surface area (Å²) >= 11 is 7.56. The topological polar surface area (TPSA) is 54.9 Å². The van der Waals surface area contributed by atoms with Crippen LogP contribution < -0.4 is 5.32 Å². The van der Waals surface area contributed by atoms with Gasteiger partial charge in [-0.25, -0.2) is 14.4 Å². The maximum atomic E-state index is 12.9. The predicted octanol–water partition coefficient (Wildman–Crippen LogP) is 3.13. The number of nitrogens with one attached hydrogen (secondary N) is 1. The summed E-state index contributed by atoms with van der Waals surface area (Å²) in [5.41, 5.74) is 0.348. The lowest BCUT2D eigenvalue weighted by Gasteiger charge is -2.05. The molecule has 18 heavy (non-hydrogen) atoms. The fourth-order valence-electron chi connectivity index (χ4n) is 1.24. The molecule has 1 aromatic carbocycles. The summed E-state index contributed by atoms with van der Waals surface area (Å²) in [5, 5.41) is 2.72. The van der Waals surface area contributed by atoms with Crippen molar-refractivity contribution in [2.75, 3.05) is 5.32 Å². The zero-order valence-corrected chi connectivity index (χ0v) is 11.7. The van der Waals surface area contributed by atoms with E-state index in [4.69, 9.17) is 11.6 Å². The van der Waals surface area contributed by atoms with Crippen LogP contribution in [0.25, 0.3) is 0 Å². The Hall–Kier alpha value is -1.28. The van der Waals surface area contributed by atoms with Crippen LogP contribution in [-0.4, -0.2) is 15.9 Å². The first-order valence-electron chi connectivity index (χ1n) is 4.81. The number of anilines is 1. The van der Waals surface area contributed by atoms with Crippen molar-refractivity contribution >= 4 is 46.0 Å². The van der Waals surface area contributed by atoms with Gasteiger partial charge in [0.25, 0.3) is 5.91 Å². The molecule has 0 aliphatic carbocycles. The summed E-state index contributed by atoms with van der Waals surface area (Å²) in [6.45, 7) is 0. The van der Waals surface area contributed by atoms with E-state index in [9.17, 15) is 9.18 Å². The van der Waals surface area contributed by atoms with Gasteiger partial charge in [0.2, 0.25) is 5.95 Å². The number of aromatic nitrogens is 2. The molecule has 1 heterocycles. The molecule has 92 valence electrons. The second-order valence-corrected chi connectivity index (χ2v) is 4.83. The van der Waals surface area contributed by atoms with Gasteiger partial charge in [0, 0.05) is 9.77 Å². The Bertz CT molecular complexity index is 609. The minimum Gasteiger partial charge on any atom is -0.290 e. The lowest BCUT2D eigenvalue weighted by Crippen LogP contribution is -2.15. The molecule has 0 radical (unpaired) electrons. The Morgan fingerprint density at radius 3 is 2.83 bits per heavy atom.